The second-order valence-electron chi connectivity index (χ2n) is 7.21. The number of rotatable bonds is 7. The molecule has 6 heteroatoms. The molecule has 4 nitrogen and oxygen atoms in total. The number of aryl methyl sites for hydroxylation is 2. The van der Waals surface area contributed by atoms with E-state index in [0.717, 1.165) is 15.6 Å². The molecule has 0 unspecified atom stereocenters. The molecule has 30 heavy (non-hydrogen) atoms. The van der Waals surface area contributed by atoms with Crippen molar-refractivity contribution in [3.05, 3.63) is 99.5 Å². The summed E-state index contributed by atoms with van der Waals surface area (Å²) in [4.78, 5) is 26.1. The lowest BCUT2D eigenvalue weighted by atomic mass is 10.0. The Morgan fingerprint density at radius 1 is 0.767 bits per heavy atom. The number of ketones is 2. The van der Waals surface area contributed by atoms with Crippen LogP contribution in [0, 0.1) is 13.8 Å². The summed E-state index contributed by atoms with van der Waals surface area (Å²) in [6.07, 6.45) is -0.426. The summed E-state index contributed by atoms with van der Waals surface area (Å²) in [5.74, 6) is -0.982. The molecule has 0 heterocycles. The van der Waals surface area contributed by atoms with Gasteiger partial charge in [0.2, 0.25) is 0 Å². The van der Waals surface area contributed by atoms with Crippen LogP contribution in [-0.2, 0) is 9.84 Å². The van der Waals surface area contributed by atoms with Crippen molar-refractivity contribution in [2.45, 2.75) is 30.4 Å². The minimum atomic E-state index is -4.07. The van der Waals surface area contributed by atoms with Crippen molar-refractivity contribution in [2.75, 3.05) is 0 Å². The highest BCUT2D eigenvalue weighted by molar-refractivity contribution is 9.10. The van der Waals surface area contributed by atoms with E-state index in [2.05, 4.69) is 15.9 Å². The maximum absolute atomic E-state index is 13.4. The van der Waals surface area contributed by atoms with E-state index in [9.17, 15) is 18.0 Å². The lowest BCUT2D eigenvalue weighted by molar-refractivity contribution is 0.0920. The Morgan fingerprint density at radius 3 is 1.77 bits per heavy atom. The van der Waals surface area contributed by atoms with Crippen LogP contribution in [-0.4, -0.2) is 25.2 Å². The van der Waals surface area contributed by atoms with Crippen LogP contribution in [0.1, 0.15) is 38.3 Å². The fraction of sp³-hybridized carbons (Fsp3) is 0.167. The first kappa shape index (κ1) is 22.1. The maximum Gasteiger partial charge on any atom is 0.189 e. The van der Waals surface area contributed by atoms with Crippen molar-refractivity contribution in [2.24, 2.45) is 0 Å². The third-order valence-corrected chi connectivity index (χ3v) is 7.48. The highest BCUT2D eigenvalue weighted by Gasteiger charge is 2.36. The molecular weight excluding hydrogens is 464 g/mol. The number of hydrogen-bond donors (Lipinski definition) is 0. The van der Waals surface area contributed by atoms with Gasteiger partial charge in [-0.1, -0.05) is 75.6 Å². The van der Waals surface area contributed by atoms with Crippen LogP contribution in [0.4, 0.5) is 0 Å². The number of carbonyl (C=O) groups is 2. The zero-order chi connectivity index (χ0) is 21.9. The van der Waals surface area contributed by atoms with Crippen molar-refractivity contribution < 1.29 is 18.0 Å². The molecule has 0 N–H and O–H groups in total. The largest absolute Gasteiger partial charge is 0.294 e. The molecular formula is C24H21BrO4S. The molecule has 0 saturated heterocycles. The van der Waals surface area contributed by atoms with Gasteiger partial charge in [-0.25, -0.2) is 8.42 Å². The number of benzene rings is 3. The van der Waals surface area contributed by atoms with Gasteiger partial charge in [-0.15, -0.1) is 0 Å². The average Bonchev–Trinajstić information content (AvgIpc) is 2.72. The molecule has 0 aliphatic carbocycles. The van der Waals surface area contributed by atoms with Crippen LogP contribution in [0.2, 0.25) is 0 Å². The highest BCUT2D eigenvalue weighted by Crippen LogP contribution is 2.25. The number of Topliss-reactive ketones (excluding diaryl/α,β-unsaturated/α-hetero) is 2. The lowest BCUT2D eigenvalue weighted by Gasteiger charge is -2.17. The van der Waals surface area contributed by atoms with Crippen molar-refractivity contribution >= 4 is 37.3 Å². The van der Waals surface area contributed by atoms with E-state index in [-0.39, 0.29) is 10.5 Å². The summed E-state index contributed by atoms with van der Waals surface area (Å²) in [7, 11) is -4.07. The molecule has 0 spiro atoms. The minimum absolute atomic E-state index is 0.0298. The molecule has 0 aliphatic rings. The molecule has 0 saturated carbocycles. The SMILES string of the molecule is Cc1ccc(C(=O)[C@H](CC(=O)c2ccc(Br)cc2)S(=O)(=O)c2ccc(C)cc2)cc1. The van der Waals surface area contributed by atoms with Gasteiger partial charge in [0.1, 0.15) is 5.25 Å². The monoisotopic (exact) mass is 484 g/mol. The summed E-state index contributed by atoms with van der Waals surface area (Å²) >= 11 is 3.31. The van der Waals surface area contributed by atoms with E-state index in [1.54, 1.807) is 60.7 Å². The molecule has 3 aromatic carbocycles. The third-order valence-electron chi connectivity index (χ3n) is 4.89. The van der Waals surface area contributed by atoms with Crippen LogP contribution in [0.5, 0.6) is 0 Å². The van der Waals surface area contributed by atoms with Crippen LogP contribution in [0.3, 0.4) is 0 Å². The van der Waals surface area contributed by atoms with E-state index in [1.807, 2.05) is 13.8 Å². The maximum atomic E-state index is 13.4. The predicted octanol–water partition coefficient (Wildman–Crippen LogP) is 5.36. The molecule has 0 amide bonds. The molecule has 3 aromatic rings. The standard InChI is InChI=1S/C24H21BrO4S/c1-16-3-7-19(8-4-16)24(27)23(15-22(26)18-9-11-20(25)12-10-18)30(28,29)21-13-5-17(2)6-14-21/h3-14,23H,15H2,1-2H3/t23-/m0/s1. The predicted molar refractivity (Wildman–Crippen MR) is 121 cm³/mol. The molecule has 0 radical (unpaired) electrons. The van der Waals surface area contributed by atoms with E-state index in [0.29, 0.717) is 5.56 Å². The van der Waals surface area contributed by atoms with Gasteiger partial charge in [0.15, 0.2) is 21.4 Å². The smallest absolute Gasteiger partial charge is 0.189 e. The summed E-state index contributed by atoms with van der Waals surface area (Å²) < 4.78 is 27.5. The fourth-order valence-corrected chi connectivity index (χ4v) is 4.96. The number of hydrogen-bond acceptors (Lipinski definition) is 4. The van der Waals surface area contributed by atoms with Gasteiger partial charge in [-0.05, 0) is 38.1 Å². The molecule has 1 atom stereocenters. The van der Waals surface area contributed by atoms with Crippen molar-refractivity contribution in [1.29, 1.82) is 0 Å². The second-order valence-corrected chi connectivity index (χ2v) is 10.3. The Kier molecular flexibility index (Phi) is 6.68. The van der Waals surface area contributed by atoms with Crippen molar-refractivity contribution in [3.8, 4) is 0 Å². The quantitative estimate of drug-likeness (QED) is 0.423. The van der Waals surface area contributed by atoms with Gasteiger partial charge >= 0.3 is 0 Å². The van der Waals surface area contributed by atoms with Crippen LogP contribution in [0.15, 0.2) is 82.2 Å². The summed E-state index contributed by atoms with van der Waals surface area (Å²) in [6, 6.07) is 19.6. The van der Waals surface area contributed by atoms with Crippen molar-refractivity contribution in [3.63, 3.8) is 0 Å². The zero-order valence-corrected chi connectivity index (χ0v) is 19.0. The summed E-state index contributed by atoms with van der Waals surface area (Å²) in [5, 5.41) is -1.50. The first-order valence-corrected chi connectivity index (χ1v) is 11.7. The van der Waals surface area contributed by atoms with E-state index < -0.39 is 33.1 Å². The summed E-state index contributed by atoms with van der Waals surface area (Å²) in [5.41, 5.74) is 2.49. The minimum Gasteiger partial charge on any atom is -0.294 e. The normalized spacial score (nSPS) is 12.4. The highest BCUT2D eigenvalue weighted by atomic mass is 79.9. The van der Waals surface area contributed by atoms with Crippen LogP contribution >= 0.6 is 15.9 Å². The van der Waals surface area contributed by atoms with E-state index >= 15 is 0 Å². The Labute approximate surface area is 185 Å². The van der Waals surface area contributed by atoms with Gasteiger partial charge in [-0.3, -0.25) is 9.59 Å². The fourth-order valence-electron chi connectivity index (χ4n) is 3.06. The molecule has 3 rings (SSSR count). The van der Waals surface area contributed by atoms with Gasteiger partial charge in [0.25, 0.3) is 0 Å². The Balaban J connectivity index is 2.02. The van der Waals surface area contributed by atoms with Gasteiger partial charge in [0, 0.05) is 22.0 Å². The number of sulfone groups is 1. The second kappa shape index (κ2) is 9.06. The van der Waals surface area contributed by atoms with Gasteiger partial charge in [-0.2, -0.15) is 0 Å². The Hall–Kier alpha value is -2.57. The molecule has 0 aromatic heterocycles. The third kappa shape index (κ3) is 4.94. The molecule has 0 aliphatic heterocycles. The van der Waals surface area contributed by atoms with Gasteiger partial charge < -0.3 is 0 Å². The molecule has 0 fully saturated rings. The topological polar surface area (TPSA) is 68.3 Å². The first-order valence-electron chi connectivity index (χ1n) is 9.38. The Bertz CT molecular complexity index is 1160. The lowest BCUT2D eigenvalue weighted by Crippen LogP contribution is -2.33. The van der Waals surface area contributed by atoms with E-state index in [1.165, 1.54) is 12.1 Å². The Morgan fingerprint density at radius 2 is 1.23 bits per heavy atom. The number of halogens is 1. The van der Waals surface area contributed by atoms with Gasteiger partial charge in [0.05, 0.1) is 4.90 Å². The first-order chi connectivity index (χ1) is 14.2. The molecule has 0 bridgehead atoms. The number of carbonyl (C=O) groups excluding carboxylic acids is 2. The molecule has 154 valence electrons. The van der Waals surface area contributed by atoms with Crippen molar-refractivity contribution in [1.82, 2.24) is 0 Å². The van der Waals surface area contributed by atoms with Crippen LogP contribution in [0.25, 0.3) is 0 Å². The van der Waals surface area contributed by atoms with E-state index in [4.69, 9.17) is 0 Å². The average molecular weight is 485 g/mol. The van der Waals surface area contributed by atoms with Crippen LogP contribution < -0.4 is 0 Å². The zero-order valence-electron chi connectivity index (χ0n) is 16.6. The summed E-state index contributed by atoms with van der Waals surface area (Å²) in [6.45, 7) is 3.73.